The predicted molar refractivity (Wildman–Crippen MR) is 99.4 cm³/mol. The first-order valence-corrected chi connectivity index (χ1v) is 8.48. The van der Waals surface area contributed by atoms with Gasteiger partial charge in [-0.15, -0.1) is 0 Å². The number of benzene rings is 2. The average Bonchev–Trinajstić information content (AvgIpc) is 2.96. The Morgan fingerprint density at radius 3 is 2.48 bits per heavy atom. The number of nitrogens with zero attached hydrogens (tertiary/aromatic N) is 3. The van der Waals surface area contributed by atoms with Gasteiger partial charge in [-0.25, -0.2) is 4.79 Å². The summed E-state index contributed by atoms with van der Waals surface area (Å²) in [5.41, 5.74) is 2.46. The molecule has 0 atom stereocenters. The SMILES string of the molecule is CCc1ccc(CN(C)C(=O)Cn2c(=O)oc3cc([N+](=O)[O-])ccc32)cc1. The molecule has 0 fully saturated rings. The van der Waals surface area contributed by atoms with Crippen molar-refractivity contribution in [2.75, 3.05) is 7.05 Å². The standard InChI is InChI=1S/C19H19N3O5/c1-3-13-4-6-14(7-5-13)11-20(2)18(23)12-21-16-9-8-15(22(25)26)10-17(16)27-19(21)24/h4-10H,3,11-12H2,1-2H3. The number of carbonyl (C=O) groups excluding carboxylic acids is 1. The molecule has 2 aromatic carbocycles. The van der Waals surface area contributed by atoms with Crippen LogP contribution in [-0.4, -0.2) is 27.3 Å². The summed E-state index contributed by atoms with van der Waals surface area (Å²) in [6, 6.07) is 11.9. The van der Waals surface area contributed by atoms with Gasteiger partial charge in [0, 0.05) is 19.7 Å². The lowest BCUT2D eigenvalue weighted by Gasteiger charge is -2.17. The zero-order valence-corrected chi connectivity index (χ0v) is 15.0. The summed E-state index contributed by atoms with van der Waals surface area (Å²) in [6.45, 7) is 2.29. The zero-order valence-electron chi connectivity index (χ0n) is 15.0. The van der Waals surface area contributed by atoms with Crippen molar-refractivity contribution in [3.63, 3.8) is 0 Å². The number of likely N-dealkylation sites (N-methyl/N-ethyl adjacent to an activating group) is 1. The van der Waals surface area contributed by atoms with E-state index in [1.807, 2.05) is 24.3 Å². The zero-order chi connectivity index (χ0) is 19.6. The van der Waals surface area contributed by atoms with Crippen LogP contribution in [0.3, 0.4) is 0 Å². The highest BCUT2D eigenvalue weighted by molar-refractivity contribution is 5.80. The van der Waals surface area contributed by atoms with E-state index in [2.05, 4.69) is 6.92 Å². The molecular formula is C19H19N3O5. The molecule has 3 aromatic rings. The maximum atomic E-state index is 12.5. The number of nitro benzene ring substituents is 1. The van der Waals surface area contributed by atoms with E-state index >= 15 is 0 Å². The Bertz CT molecular complexity index is 1050. The summed E-state index contributed by atoms with van der Waals surface area (Å²) in [7, 11) is 1.66. The maximum absolute atomic E-state index is 12.5. The van der Waals surface area contributed by atoms with Crippen molar-refractivity contribution in [2.45, 2.75) is 26.4 Å². The molecular weight excluding hydrogens is 350 g/mol. The number of hydrogen-bond acceptors (Lipinski definition) is 5. The minimum absolute atomic E-state index is 0.0832. The molecule has 0 saturated heterocycles. The van der Waals surface area contributed by atoms with E-state index in [0.29, 0.717) is 12.1 Å². The molecule has 0 aliphatic rings. The van der Waals surface area contributed by atoms with Gasteiger partial charge < -0.3 is 9.32 Å². The van der Waals surface area contributed by atoms with Crippen molar-refractivity contribution >= 4 is 22.7 Å². The first-order chi connectivity index (χ1) is 12.9. The molecule has 27 heavy (non-hydrogen) atoms. The molecule has 0 N–H and O–H groups in total. The molecule has 1 aromatic heterocycles. The van der Waals surface area contributed by atoms with Crippen molar-refractivity contribution < 1.29 is 14.1 Å². The van der Waals surface area contributed by atoms with Crippen LogP contribution in [0.15, 0.2) is 51.7 Å². The molecule has 8 heteroatoms. The molecule has 0 unspecified atom stereocenters. The first-order valence-electron chi connectivity index (χ1n) is 8.48. The van der Waals surface area contributed by atoms with Crippen LogP contribution in [-0.2, 0) is 24.3 Å². The molecule has 140 valence electrons. The van der Waals surface area contributed by atoms with Crippen LogP contribution in [0, 0.1) is 10.1 Å². The third-order valence-electron chi connectivity index (χ3n) is 4.43. The van der Waals surface area contributed by atoms with Crippen LogP contribution in [0.5, 0.6) is 0 Å². The number of nitro groups is 1. The molecule has 0 spiro atoms. The van der Waals surface area contributed by atoms with E-state index in [0.717, 1.165) is 12.0 Å². The van der Waals surface area contributed by atoms with Gasteiger partial charge in [0.15, 0.2) is 5.58 Å². The first kappa shape index (κ1) is 18.4. The Hall–Kier alpha value is -3.42. The van der Waals surface area contributed by atoms with Crippen LogP contribution >= 0.6 is 0 Å². The fraction of sp³-hybridized carbons (Fsp3) is 0.263. The van der Waals surface area contributed by atoms with E-state index in [-0.39, 0.29) is 23.7 Å². The Labute approximate surface area is 154 Å². The summed E-state index contributed by atoms with van der Waals surface area (Å²) in [6.07, 6.45) is 0.948. The highest BCUT2D eigenvalue weighted by Crippen LogP contribution is 2.20. The number of aromatic nitrogens is 1. The Kier molecular flexibility index (Phi) is 5.07. The van der Waals surface area contributed by atoms with Crippen molar-refractivity contribution in [1.82, 2.24) is 9.47 Å². The average molecular weight is 369 g/mol. The molecule has 0 aliphatic heterocycles. The molecule has 0 radical (unpaired) electrons. The molecule has 0 bridgehead atoms. The second-order valence-electron chi connectivity index (χ2n) is 6.28. The molecule has 1 amide bonds. The van der Waals surface area contributed by atoms with Crippen LogP contribution in [0.1, 0.15) is 18.1 Å². The second-order valence-corrected chi connectivity index (χ2v) is 6.28. The third kappa shape index (κ3) is 3.89. The van der Waals surface area contributed by atoms with Gasteiger partial charge in [0.2, 0.25) is 5.91 Å². The number of amides is 1. The lowest BCUT2D eigenvalue weighted by atomic mass is 10.1. The van der Waals surface area contributed by atoms with Gasteiger partial charge in [-0.05, 0) is 23.6 Å². The summed E-state index contributed by atoms with van der Waals surface area (Å²) in [5, 5.41) is 10.8. The van der Waals surface area contributed by atoms with Gasteiger partial charge in [-0.3, -0.25) is 19.5 Å². The van der Waals surface area contributed by atoms with Gasteiger partial charge in [-0.2, -0.15) is 0 Å². The van der Waals surface area contributed by atoms with E-state index in [9.17, 15) is 19.7 Å². The number of non-ortho nitro benzene ring substituents is 1. The van der Waals surface area contributed by atoms with Crippen molar-refractivity contribution in [3.8, 4) is 0 Å². The number of fused-ring (bicyclic) bond motifs is 1. The van der Waals surface area contributed by atoms with Gasteiger partial charge in [0.25, 0.3) is 5.69 Å². The number of rotatable bonds is 6. The molecule has 1 heterocycles. The summed E-state index contributed by atoms with van der Waals surface area (Å²) in [4.78, 5) is 36.4. The van der Waals surface area contributed by atoms with Crippen LogP contribution in [0.25, 0.3) is 11.1 Å². The van der Waals surface area contributed by atoms with Gasteiger partial charge >= 0.3 is 5.76 Å². The van der Waals surface area contributed by atoms with E-state index < -0.39 is 10.7 Å². The maximum Gasteiger partial charge on any atom is 0.420 e. The van der Waals surface area contributed by atoms with Crippen LogP contribution < -0.4 is 5.76 Å². The van der Waals surface area contributed by atoms with Crippen LogP contribution in [0.4, 0.5) is 5.69 Å². The van der Waals surface area contributed by atoms with Gasteiger partial charge in [0.05, 0.1) is 16.5 Å². The topological polar surface area (TPSA) is 98.6 Å². The largest absolute Gasteiger partial charge is 0.420 e. The number of hydrogen-bond donors (Lipinski definition) is 0. The fourth-order valence-corrected chi connectivity index (χ4v) is 2.82. The van der Waals surface area contributed by atoms with Gasteiger partial charge in [0.1, 0.15) is 6.54 Å². The number of oxazole rings is 1. The number of carbonyl (C=O) groups is 1. The minimum Gasteiger partial charge on any atom is -0.407 e. The number of aryl methyl sites for hydroxylation is 1. The highest BCUT2D eigenvalue weighted by Gasteiger charge is 2.18. The second kappa shape index (κ2) is 7.45. The van der Waals surface area contributed by atoms with Crippen molar-refractivity contribution in [3.05, 3.63) is 74.3 Å². The lowest BCUT2D eigenvalue weighted by molar-refractivity contribution is -0.384. The predicted octanol–water partition coefficient (Wildman–Crippen LogP) is 2.72. The van der Waals surface area contributed by atoms with Crippen molar-refractivity contribution in [1.29, 1.82) is 0 Å². The highest BCUT2D eigenvalue weighted by atomic mass is 16.6. The Balaban J connectivity index is 1.77. The van der Waals surface area contributed by atoms with E-state index in [4.69, 9.17) is 4.42 Å². The molecule has 0 saturated carbocycles. The summed E-state index contributed by atoms with van der Waals surface area (Å²) < 4.78 is 6.23. The Morgan fingerprint density at radius 1 is 1.19 bits per heavy atom. The van der Waals surface area contributed by atoms with Crippen molar-refractivity contribution in [2.24, 2.45) is 0 Å². The smallest absolute Gasteiger partial charge is 0.407 e. The molecule has 8 nitrogen and oxygen atoms in total. The lowest BCUT2D eigenvalue weighted by Crippen LogP contribution is -2.32. The normalized spacial score (nSPS) is 10.9. The Morgan fingerprint density at radius 2 is 1.85 bits per heavy atom. The third-order valence-corrected chi connectivity index (χ3v) is 4.43. The fourth-order valence-electron chi connectivity index (χ4n) is 2.82. The quantitative estimate of drug-likeness (QED) is 0.491. The molecule has 0 aliphatic carbocycles. The summed E-state index contributed by atoms with van der Waals surface area (Å²) in [5.74, 6) is -0.989. The van der Waals surface area contributed by atoms with Crippen LogP contribution in [0.2, 0.25) is 0 Å². The monoisotopic (exact) mass is 369 g/mol. The summed E-state index contributed by atoms with van der Waals surface area (Å²) >= 11 is 0. The van der Waals surface area contributed by atoms with Gasteiger partial charge in [-0.1, -0.05) is 31.2 Å². The minimum atomic E-state index is -0.723. The van der Waals surface area contributed by atoms with E-state index in [1.54, 1.807) is 7.05 Å². The van der Waals surface area contributed by atoms with E-state index in [1.165, 1.54) is 33.2 Å². The molecule has 3 rings (SSSR count).